The van der Waals surface area contributed by atoms with Gasteiger partial charge in [-0.15, -0.1) is 0 Å². The van der Waals surface area contributed by atoms with Gasteiger partial charge in [0.05, 0.1) is 6.04 Å². The topological polar surface area (TPSA) is 28.4 Å². The van der Waals surface area contributed by atoms with Crippen molar-refractivity contribution in [3.8, 4) is 0 Å². The molecule has 0 radical (unpaired) electrons. The Morgan fingerprint density at radius 3 is 2.57 bits per heavy atom. The molecular weight excluding hydrogens is 267 g/mol. The molecule has 1 aliphatic carbocycles. The Kier molecular flexibility index (Phi) is 3.76. The first-order valence-electron chi connectivity index (χ1n) is 7.60. The van der Waals surface area contributed by atoms with E-state index in [1.807, 2.05) is 13.1 Å². The Hall–Kier alpha value is -1.39. The molecule has 21 heavy (non-hydrogen) atoms. The van der Waals surface area contributed by atoms with Crippen molar-refractivity contribution in [2.24, 2.45) is 0 Å². The van der Waals surface area contributed by atoms with Gasteiger partial charge in [-0.3, -0.25) is 0 Å². The predicted molar refractivity (Wildman–Crippen MR) is 82.9 cm³/mol. The van der Waals surface area contributed by atoms with Crippen LogP contribution < -0.4 is 5.32 Å². The van der Waals surface area contributed by atoms with Gasteiger partial charge in [0.15, 0.2) is 0 Å². The molecule has 1 aromatic heterocycles. The normalized spacial score (nSPS) is 19.5. The third-order valence-electron chi connectivity index (χ3n) is 4.97. The maximum absolute atomic E-state index is 13.4. The summed E-state index contributed by atoms with van der Waals surface area (Å²) in [6.45, 7) is 0. The van der Waals surface area contributed by atoms with E-state index in [0.29, 0.717) is 0 Å². The average molecular weight is 290 g/mol. The Balaban J connectivity index is 2.04. The van der Waals surface area contributed by atoms with Crippen molar-refractivity contribution in [3.63, 3.8) is 0 Å². The van der Waals surface area contributed by atoms with Crippen LogP contribution >= 0.6 is 0 Å². The van der Waals surface area contributed by atoms with E-state index < -0.39 is 0 Å². The molecule has 1 aromatic carbocycles. The summed E-state index contributed by atoms with van der Waals surface area (Å²) >= 11 is 0. The number of nitrogens with one attached hydrogen (secondary N) is 1. The molecule has 114 valence electrons. The van der Waals surface area contributed by atoms with E-state index in [4.69, 9.17) is 4.42 Å². The molecule has 1 heterocycles. The largest absolute Gasteiger partial charge is 0.459 e. The van der Waals surface area contributed by atoms with E-state index in [-0.39, 0.29) is 17.4 Å². The van der Waals surface area contributed by atoms with E-state index in [1.54, 1.807) is 6.07 Å². The van der Waals surface area contributed by atoms with Crippen molar-refractivity contribution < 1.29 is 8.81 Å². The van der Waals surface area contributed by atoms with E-state index >= 15 is 0 Å². The van der Waals surface area contributed by atoms with Crippen LogP contribution in [0.3, 0.4) is 0 Å². The lowest BCUT2D eigenvalue weighted by Crippen LogP contribution is -2.51. The van der Waals surface area contributed by atoms with Crippen LogP contribution in [0.2, 0.25) is 0 Å². The van der Waals surface area contributed by atoms with Crippen LogP contribution in [0, 0.1) is 5.82 Å². The van der Waals surface area contributed by atoms with Crippen molar-refractivity contribution in [2.45, 2.75) is 37.3 Å². The fourth-order valence-electron chi connectivity index (χ4n) is 3.83. The van der Waals surface area contributed by atoms with Crippen molar-refractivity contribution in [3.05, 3.63) is 35.8 Å². The van der Waals surface area contributed by atoms with Gasteiger partial charge in [0.2, 0.25) is 0 Å². The highest BCUT2D eigenvalue weighted by atomic mass is 19.1. The highest BCUT2D eigenvalue weighted by Crippen LogP contribution is 2.44. The maximum atomic E-state index is 13.4. The van der Waals surface area contributed by atoms with E-state index in [0.717, 1.165) is 29.6 Å². The fraction of sp³-hybridized carbons (Fsp3) is 0.529. The highest BCUT2D eigenvalue weighted by molar-refractivity contribution is 5.78. The molecule has 3 rings (SSSR count). The van der Waals surface area contributed by atoms with Crippen LogP contribution in [0.4, 0.5) is 4.39 Å². The maximum Gasteiger partial charge on any atom is 0.134 e. The van der Waals surface area contributed by atoms with E-state index in [9.17, 15) is 4.39 Å². The van der Waals surface area contributed by atoms with Gasteiger partial charge in [0, 0.05) is 10.9 Å². The molecule has 0 amide bonds. The SMILES string of the molecule is CNC(c1cc2cc(F)ccc2o1)C1(N(C)C)CCCC1. The van der Waals surface area contributed by atoms with Gasteiger partial charge in [-0.05, 0) is 58.3 Å². The van der Waals surface area contributed by atoms with Gasteiger partial charge in [0.25, 0.3) is 0 Å². The monoisotopic (exact) mass is 290 g/mol. The Labute approximate surface area is 125 Å². The summed E-state index contributed by atoms with van der Waals surface area (Å²) < 4.78 is 19.4. The van der Waals surface area contributed by atoms with E-state index in [2.05, 4.69) is 24.3 Å². The summed E-state index contributed by atoms with van der Waals surface area (Å²) in [7, 11) is 6.25. The molecule has 1 atom stereocenters. The van der Waals surface area contributed by atoms with Crippen LogP contribution in [-0.4, -0.2) is 31.6 Å². The third kappa shape index (κ3) is 2.36. The zero-order chi connectivity index (χ0) is 15.0. The van der Waals surface area contributed by atoms with Crippen molar-refractivity contribution in [1.29, 1.82) is 0 Å². The number of likely N-dealkylation sites (N-methyl/N-ethyl adjacent to an activating group) is 2. The lowest BCUT2D eigenvalue weighted by atomic mass is 9.85. The first-order chi connectivity index (χ1) is 10.1. The summed E-state index contributed by atoms with van der Waals surface area (Å²) in [6.07, 6.45) is 4.78. The Morgan fingerprint density at radius 1 is 1.24 bits per heavy atom. The second-order valence-corrected chi connectivity index (χ2v) is 6.26. The first kappa shape index (κ1) is 14.5. The quantitative estimate of drug-likeness (QED) is 0.930. The number of rotatable bonds is 4. The number of benzene rings is 1. The summed E-state index contributed by atoms with van der Waals surface area (Å²) in [5, 5.41) is 4.26. The predicted octanol–water partition coefficient (Wildman–Crippen LogP) is 3.71. The summed E-state index contributed by atoms with van der Waals surface area (Å²) in [5.74, 6) is 0.674. The molecule has 1 aliphatic rings. The minimum absolute atomic E-state index is 0.0706. The number of hydrogen-bond acceptors (Lipinski definition) is 3. The van der Waals surface area contributed by atoms with Crippen LogP contribution in [0.5, 0.6) is 0 Å². The van der Waals surface area contributed by atoms with Gasteiger partial charge >= 0.3 is 0 Å². The molecule has 1 saturated carbocycles. The lowest BCUT2D eigenvalue weighted by Gasteiger charge is -2.42. The number of nitrogens with zero attached hydrogens (tertiary/aromatic N) is 1. The molecule has 1 unspecified atom stereocenters. The molecular formula is C17H23FN2O. The van der Waals surface area contributed by atoms with Crippen molar-refractivity contribution in [1.82, 2.24) is 10.2 Å². The molecule has 2 aromatic rings. The molecule has 4 heteroatoms. The van der Waals surface area contributed by atoms with Crippen LogP contribution in [-0.2, 0) is 0 Å². The molecule has 0 bridgehead atoms. The van der Waals surface area contributed by atoms with Crippen LogP contribution in [0.25, 0.3) is 11.0 Å². The second-order valence-electron chi connectivity index (χ2n) is 6.26. The number of furan rings is 1. The van der Waals surface area contributed by atoms with Crippen LogP contribution in [0.1, 0.15) is 37.5 Å². The third-order valence-corrected chi connectivity index (χ3v) is 4.97. The second kappa shape index (κ2) is 5.43. The van der Waals surface area contributed by atoms with Gasteiger partial charge < -0.3 is 14.6 Å². The molecule has 3 nitrogen and oxygen atoms in total. The number of halogens is 1. The number of hydrogen-bond donors (Lipinski definition) is 1. The zero-order valence-corrected chi connectivity index (χ0v) is 12.9. The first-order valence-corrected chi connectivity index (χ1v) is 7.60. The molecule has 1 N–H and O–H groups in total. The molecule has 0 aliphatic heterocycles. The smallest absolute Gasteiger partial charge is 0.134 e. The van der Waals surface area contributed by atoms with Crippen molar-refractivity contribution >= 4 is 11.0 Å². The standard InChI is InChI=1S/C17H23FN2O/c1-19-16(17(20(2)3)8-4-5-9-17)15-11-12-10-13(18)6-7-14(12)21-15/h6-7,10-11,16,19H,4-5,8-9H2,1-3H3. The molecule has 0 saturated heterocycles. The van der Waals surface area contributed by atoms with Crippen molar-refractivity contribution in [2.75, 3.05) is 21.1 Å². The summed E-state index contributed by atoms with van der Waals surface area (Å²) in [4.78, 5) is 2.31. The van der Waals surface area contributed by atoms with Crippen LogP contribution in [0.15, 0.2) is 28.7 Å². The lowest BCUT2D eigenvalue weighted by molar-refractivity contribution is 0.0982. The molecule has 0 spiro atoms. The number of fused-ring (bicyclic) bond motifs is 1. The molecule has 1 fully saturated rings. The van der Waals surface area contributed by atoms with Gasteiger partial charge in [-0.1, -0.05) is 12.8 Å². The summed E-state index contributed by atoms with van der Waals surface area (Å²) in [6, 6.07) is 6.78. The Bertz CT molecular complexity index is 629. The zero-order valence-electron chi connectivity index (χ0n) is 12.9. The summed E-state index contributed by atoms with van der Waals surface area (Å²) in [5.41, 5.74) is 0.819. The average Bonchev–Trinajstić information content (AvgIpc) is 3.06. The van der Waals surface area contributed by atoms with E-state index in [1.165, 1.54) is 25.0 Å². The van der Waals surface area contributed by atoms with Gasteiger partial charge in [-0.2, -0.15) is 0 Å². The van der Waals surface area contributed by atoms with Gasteiger partial charge in [-0.25, -0.2) is 4.39 Å². The minimum atomic E-state index is -0.223. The fourth-order valence-corrected chi connectivity index (χ4v) is 3.83. The highest BCUT2D eigenvalue weighted by Gasteiger charge is 2.44. The Morgan fingerprint density at radius 2 is 1.95 bits per heavy atom. The van der Waals surface area contributed by atoms with Gasteiger partial charge in [0.1, 0.15) is 17.2 Å². The minimum Gasteiger partial charge on any atom is -0.459 e.